The number of hydrogen-bond acceptors (Lipinski definition) is 13. The van der Waals surface area contributed by atoms with E-state index in [9.17, 15) is 45.3 Å². The van der Waals surface area contributed by atoms with Crippen LogP contribution in [-0.4, -0.2) is 127 Å². The number of aliphatic hydroxyl groups excluding tert-OH is 6. The number of carbonyl (C=O) groups is 2. The van der Waals surface area contributed by atoms with Crippen LogP contribution in [0.1, 0.15) is 6.42 Å². The lowest BCUT2D eigenvalue weighted by molar-refractivity contribution is -0.336. The first-order valence-corrected chi connectivity index (χ1v) is 11.0. The number of aliphatic hydroxyl groups is 6. The number of hydrogen-bond donors (Lipinski definition) is 8. The van der Waals surface area contributed by atoms with Crippen LogP contribution in [0.5, 0.6) is 0 Å². The lowest BCUT2D eigenvalue weighted by Crippen LogP contribution is -2.65. The first-order valence-electron chi connectivity index (χ1n) is 10.2. The normalized spacial score (nSPS) is 45.5. The van der Waals surface area contributed by atoms with Crippen molar-refractivity contribution >= 4 is 23.6 Å². The Balaban J connectivity index is 1.59. The number of fused-ring (bicyclic) bond motifs is 1. The summed E-state index contributed by atoms with van der Waals surface area (Å²) in [6, 6.07) is -1.20. The molecule has 0 bridgehead atoms. The first-order chi connectivity index (χ1) is 15.7. The third-order valence-corrected chi connectivity index (χ3v) is 7.31. The Bertz CT molecular complexity index is 808. The number of carbonyl (C=O) groups excluding carboxylic acids is 1. The Morgan fingerprint density at radius 1 is 1.03 bits per heavy atom. The fourth-order valence-corrected chi connectivity index (χ4v) is 5.37. The van der Waals surface area contributed by atoms with Crippen molar-refractivity contribution in [1.82, 2.24) is 5.32 Å². The number of aliphatic carboxylic acids is 1. The molecule has 1 amide bonds. The van der Waals surface area contributed by atoms with E-state index in [1.54, 1.807) is 0 Å². The van der Waals surface area contributed by atoms with E-state index in [1.807, 2.05) is 0 Å². The minimum Gasteiger partial charge on any atom is -0.480 e. The average Bonchev–Trinajstić information content (AvgIpc) is 2.79. The number of amides is 1. The van der Waals surface area contributed by atoms with Gasteiger partial charge in [0.2, 0.25) is 6.29 Å². The zero-order valence-corrected chi connectivity index (χ0v) is 17.8. The molecule has 0 aliphatic carbocycles. The van der Waals surface area contributed by atoms with Crippen LogP contribution >= 0.6 is 11.8 Å². The molecule has 0 spiro atoms. The molecule has 2 fully saturated rings. The molecule has 0 aromatic rings. The summed E-state index contributed by atoms with van der Waals surface area (Å²) < 4.78 is 22.4. The zero-order valence-electron chi connectivity index (χ0n) is 17.0. The van der Waals surface area contributed by atoms with E-state index in [0.717, 1.165) is 11.8 Å². The number of nitrogens with one attached hydrogen (secondary N) is 1. The van der Waals surface area contributed by atoms with Crippen molar-refractivity contribution in [3.63, 3.8) is 0 Å². The van der Waals surface area contributed by atoms with Gasteiger partial charge in [-0.3, -0.25) is 4.79 Å². The first kappa shape index (κ1) is 24.6. The van der Waals surface area contributed by atoms with Crippen molar-refractivity contribution in [3.8, 4) is 0 Å². The summed E-state index contributed by atoms with van der Waals surface area (Å²) in [6.07, 6.45) is -13.2. The van der Waals surface area contributed by atoms with E-state index in [0.29, 0.717) is 0 Å². The van der Waals surface area contributed by atoms with Gasteiger partial charge in [-0.25, -0.2) is 4.79 Å². The van der Waals surface area contributed by atoms with Gasteiger partial charge in [0.1, 0.15) is 64.7 Å². The molecule has 14 nitrogen and oxygen atoms in total. The van der Waals surface area contributed by atoms with Crippen LogP contribution in [0.2, 0.25) is 0 Å². The Morgan fingerprint density at radius 3 is 2.33 bits per heavy atom. The number of carboxylic acid groups (broad SMARTS) is 1. The molecule has 0 radical (unpaired) electrons. The van der Waals surface area contributed by atoms with Crippen molar-refractivity contribution < 1.29 is 64.3 Å². The van der Waals surface area contributed by atoms with Gasteiger partial charge in [0.25, 0.3) is 5.91 Å². The molecule has 0 aromatic carbocycles. The molecule has 186 valence electrons. The summed E-state index contributed by atoms with van der Waals surface area (Å²) in [6.45, 7) is -1.33. The second-order valence-electron chi connectivity index (χ2n) is 8.04. The summed E-state index contributed by atoms with van der Waals surface area (Å²) in [5.74, 6) is -1.86. The van der Waals surface area contributed by atoms with Gasteiger partial charge in [-0.2, -0.15) is 0 Å². The Hall–Kier alpha value is -1.53. The Morgan fingerprint density at radius 2 is 1.70 bits per heavy atom. The largest absolute Gasteiger partial charge is 0.480 e. The third-order valence-electron chi connectivity index (χ3n) is 5.90. The van der Waals surface area contributed by atoms with Crippen molar-refractivity contribution in [3.05, 3.63) is 10.7 Å². The second-order valence-corrected chi connectivity index (χ2v) is 9.22. The maximum atomic E-state index is 12.5. The second kappa shape index (κ2) is 9.61. The fourth-order valence-electron chi connectivity index (χ4n) is 4.08. The summed E-state index contributed by atoms with van der Waals surface area (Å²) in [7, 11) is 0. The van der Waals surface area contributed by atoms with E-state index >= 15 is 0 Å². The molecule has 11 atom stereocenters. The average molecular weight is 495 g/mol. The van der Waals surface area contributed by atoms with Crippen molar-refractivity contribution in [2.45, 2.75) is 73.0 Å². The SMILES string of the molecule is O=C1N[C@H](C(=O)O)CC2=C1S[C@H]1[C@@H](O2)O[C@H](CO)[C@H](O)[C@@H]1O[C@@H]1O[C@H](CO)[C@H](O)[C@H](O)[C@H]1O. The molecule has 15 heteroatoms. The topological polar surface area (TPSA) is 225 Å². The van der Waals surface area contributed by atoms with Gasteiger partial charge in [-0.05, 0) is 0 Å². The number of thioether (sulfide) groups is 1. The molecule has 33 heavy (non-hydrogen) atoms. The molecule has 4 aliphatic rings. The highest BCUT2D eigenvalue weighted by Gasteiger charge is 2.54. The fraction of sp³-hybridized carbons (Fsp3) is 0.778. The van der Waals surface area contributed by atoms with Crippen molar-refractivity contribution in [2.24, 2.45) is 0 Å². The minimum absolute atomic E-state index is 0.0643. The molecular weight excluding hydrogens is 470 g/mol. The number of rotatable bonds is 5. The van der Waals surface area contributed by atoms with Crippen LogP contribution in [0, 0.1) is 0 Å². The van der Waals surface area contributed by atoms with Gasteiger partial charge in [0.05, 0.1) is 13.2 Å². The van der Waals surface area contributed by atoms with Crippen LogP contribution in [0.25, 0.3) is 0 Å². The molecule has 8 N–H and O–H groups in total. The standard InChI is InChI=1S/C18H25NO13S/c20-2-6-8(22)10(24)11(25)17(30-6)32-12-9(23)7(3-21)31-18-14(12)33-13-5(29-18)1-4(16(27)28)19-15(13)26/h4,6-12,14,17-18,20-25H,1-3H2,(H,19,26)(H,27,28)/t4-,6+,7+,8-,9-,10-,11+,12-,14+,17-,18-/m0/s1. The lowest BCUT2D eigenvalue weighted by atomic mass is 9.98. The Labute approximate surface area is 190 Å². The maximum Gasteiger partial charge on any atom is 0.326 e. The van der Waals surface area contributed by atoms with Gasteiger partial charge in [-0.15, -0.1) is 11.8 Å². The molecule has 4 rings (SSSR count). The van der Waals surface area contributed by atoms with E-state index in [2.05, 4.69) is 5.32 Å². The molecule has 2 saturated heterocycles. The van der Waals surface area contributed by atoms with E-state index < -0.39 is 91.7 Å². The zero-order chi connectivity index (χ0) is 24.0. The van der Waals surface area contributed by atoms with E-state index in [4.69, 9.17) is 18.9 Å². The third kappa shape index (κ3) is 4.45. The molecular formula is C18H25NO13S. The highest BCUT2D eigenvalue weighted by molar-refractivity contribution is 8.04. The lowest BCUT2D eigenvalue weighted by Gasteiger charge is -2.49. The van der Waals surface area contributed by atoms with Crippen LogP contribution in [0.4, 0.5) is 0 Å². The van der Waals surface area contributed by atoms with Gasteiger partial charge < -0.3 is 60.0 Å². The molecule has 4 aliphatic heterocycles. The number of ether oxygens (including phenoxy) is 4. The van der Waals surface area contributed by atoms with Gasteiger partial charge >= 0.3 is 5.97 Å². The minimum atomic E-state index is -1.75. The van der Waals surface area contributed by atoms with Crippen LogP contribution in [0.3, 0.4) is 0 Å². The summed E-state index contributed by atoms with van der Waals surface area (Å²) in [4.78, 5) is 23.8. The summed E-state index contributed by atoms with van der Waals surface area (Å²) in [5.41, 5.74) is 0. The van der Waals surface area contributed by atoms with Crippen LogP contribution < -0.4 is 5.32 Å². The van der Waals surface area contributed by atoms with Gasteiger partial charge in [0.15, 0.2) is 6.29 Å². The highest BCUT2D eigenvalue weighted by Crippen LogP contribution is 2.45. The van der Waals surface area contributed by atoms with Gasteiger partial charge in [0, 0.05) is 6.42 Å². The predicted octanol–water partition coefficient (Wildman–Crippen LogP) is -4.43. The van der Waals surface area contributed by atoms with Crippen LogP contribution in [-0.2, 0) is 28.5 Å². The van der Waals surface area contributed by atoms with Crippen molar-refractivity contribution in [1.29, 1.82) is 0 Å². The van der Waals surface area contributed by atoms with Gasteiger partial charge in [-0.1, -0.05) is 0 Å². The monoisotopic (exact) mass is 495 g/mol. The maximum absolute atomic E-state index is 12.5. The van der Waals surface area contributed by atoms with Crippen LogP contribution in [0.15, 0.2) is 10.7 Å². The molecule has 0 unspecified atom stereocenters. The van der Waals surface area contributed by atoms with E-state index in [1.165, 1.54) is 0 Å². The van der Waals surface area contributed by atoms with E-state index in [-0.39, 0.29) is 17.1 Å². The summed E-state index contributed by atoms with van der Waals surface area (Å²) in [5, 5.41) is 70.6. The predicted molar refractivity (Wildman–Crippen MR) is 104 cm³/mol. The van der Waals surface area contributed by atoms with Crippen molar-refractivity contribution in [2.75, 3.05) is 13.2 Å². The highest BCUT2D eigenvalue weighted by atomic mass is 32.2. The molecule has 0 aromatic heterocycles. The number of carboxylic acids is 1. The summed E-state index contributed by atoms with van der Waals surface area (Å²) >= 11 is 0.903. The quantitative estimate of drug-likeness (QED) is 0.180. The Kier molecular flexibility index (Phi) is 7.16. The smallest absolute Gasteiger partial charge is 0.326 e. The molecule has 4 heterocycles. The molecule has 0 saturated carbocycles.